The van der Waals surface area contributed by atoms with Crippen molar-refractivity contribution in [2.45, 2.75) is 0 Å². The molecule has 0 radical (unpaired) electrons. The van der Waals surface area contributed by atoms with E-state index in [2.05, 4.69) is 30.2 Å². The number of aromatic nitrogens is 4. The van der Waals surface area contributed by atoms with E-state index < -0.39 is 0 Å². The van der Waals surface area contributed by atoms with Gasteiger partial charge >= 0.3 is 0 Å². The Bertz CT molecular complexity index is 726. The maximum atomic E-state index is 5.17. The van der Waals surface area contributed by atoms with E-state index in [9.17, 15) is 0 Å². The molecule has 3 aromatic rings. The number of rotatable bonds is 4. The summed E-state index contributed by atoms with van der Waals surface area (Å²) in [4.78, 5) is 8.39. The first-order valence-corrected chi connectivity index (χ1v) is 5.75. The van der Waals surface area contributed by atoms with Crippen LogP contribution in [0, 0.1) is 0 Å². The number of benzene rings is 1. The quantitative estimate of drug-likeness (QED) is 0.768. The average Bonchev–Trinajstić information content (AvgIpc) is 2.94. The van der Waals surface area contributed by atoms with Gasteiger partial charge in [0.25, 0.3) is 5.88 Å². The van der Waals surface area contributed by atoms with Crippen molar-refractivity contribution in [3.8, 4) is 11.6 Å². The van der Waals surface area contributed by atoms with Crippen molar-refractivity contribution in [2.24, 2.45) is 0 Å². The van der Waals surface area contributed by atoms with Gasteiger partial charge in [0.1, 0.15) is 5.75 Å². The maximum absolute atomic E-state index is 5.17. The Balaban J connectivity index is 1.95. The summed E-state index contributed by atoms with van der Waals surface area (Å²) in [6.07, 6.45) is 0. The predicted molar refractivity (Wildman–Crippen MR) is 70.2 cm³/mol. The molecule has 20 heavy (non-hydrogen) atoms. The third-order valence-electron chi connectivity index (χ3n) is 2.63. The van der Waals surface area contributed by atoms with Crippen LogP contribution in [0.3, 0.4) is 0 Å². The molecule has 0 unspecified atom stereocenters. The number of methoxy groups -OCH3 is 2. The van der Waals surface area contributed by atoms with Crippen LogP contribution >= 0.6 is 0 Å². The van der Waals surface area contributed by atoms with E-state index in [1.807, 2.05) is 24.3 Å². The van der Waals surface area contributed by atoms with Gasteiger partial charge in [-0.15, -0.1) is 0 Å². The molecule has 0 fully saturated rings. The predicted octanol–water partition coefficient (Wildman–Crippen LogP) is 1.77. The third kappa shape index (κ3) is 2.18. The van der Waals surface area contributed by atoms with Crippen LogP contribution in [-0.4, -0.2) is 34.5 Å². The summed E-state index contributed by atoms with van der Waals surface area (Å²) in [6.45, 7) is 0. The monoisotopic (exact) mass is 273 g/mol. The topological polar surface area (TPSA) is 95.2 Å². The fourth-order valence-electron chi connectivity index (χ4n) is 1.66. The van der Waals surface area contributed by atoms with Crippen LogP contribution in [-0.2, 0) is 0 Å². The molecular weight excluding hydrogens is 262 g/mol. The van der Waals surface area contributed by atoms with Crippen molar-refractivity contribution >= 4 is 22.8 Å². The molecule has 0 saturated carbocycles. The number of hydrogen-bond acceptors (Lipinski definition) is 8. The summed E-state index contributed by atoms with van der Waals surface area (Å²) in [5.41, 5.74) is 1.41. The molecule has 1 aromatic carbocycles. The molecule has 8 nitrogen and oxygen atoms in total. The van der Waals surface area contributed by atoms with Crippen molar-refractivity contribution in [2.75, 3.05) is 19.5 Å². The van der Waals surface area contributed by atoms with Crippen LogP contribution in [0.5, 0.6) is 11.6 Å². The zero-order chi connectivity index (χ0) is 13.9. The van der Waals surface area contributed by atoms with E-state index in [1.54, 1.807) is 7.11 Å². The highest BCUT2D eigenvalue weighted by Gasteiger charge is 2.13. The van der Waals surface area contributed by atoms with Crippen molar-refractivity contribution in [3.05, 3.63) is 24.3 Å². The molecule has 0 aliphatic carbocycles. The van der Waals surface area contributed by atoms with Gasteiger partial charge in [-0.2, -0.15) is 9.97 Å². The molecular formula is C12H11N5O3. The zero-order valence-electron chi connectivity index (χ0n) is 10.8. The van der Waals surface area contributed by atoms with Gasteiger partial charge in [-0.05, 0) is 34.6 Å². The normalized spacial score (nSPS) is 10.5. The molecule has 2 heterocycles. The highest BCUT2D eigenvalue weighted by atomic mass is 16.6. The minimum Gasteiger partial charge on any atom is -0.497 e. The number of hydrogen-bond donors (Lipinski definition) is 1. The van der Waals surface area contributed by atoms with Gasteiger partial charge in [0, 0.05) is 5.69 Å². The Hall–Kier alpha value is -2.90. The van der Waals surface area contributed by atoms with Gasteiger partial charge in [-0.3, -0.25) is 0 Å². The lowest BCUT2D eigenvalue weighted by atomic mass is 10.3. The van der Waals surface area contributed by atoms with E-state index in [0.29, 0.717) is 23.0 Å². The number of nitrogens with zero attached hydrogens (tertiary/aromatic N) is 4. The van der Waals surface area contributed by atoms with E-state index in [-0.39, 0.29) is 0 Å². The second kappa shape index (κ2) is 5.00. The standard InChI is InChI=1S/C12H11N5O3/c1-18-8-5-3-7(4-6-8)13-11-12(19-2)15-10-9(14-11)16-20-17-10/h3-6H,1-2H3,(H,13,14,16). The Morgan fingerprint density at radius 3 is 2.30 bits per heavy atom. The number of anilines is 2. The summed E-state index contributed by atoms with van der Waals surface area (Å²) >= 11 is 0. The summed E-state index contributed by atoms with van der Waals surface area (Å²) in [7, 11) is 3.12. The van der Waals surface area contributed by atoms with Gasteiger partial charge in [-0.25, -0.2) is 4.63 Å². The fourth-order valence-corrected chi connectivity index (χ4v) is 1.66. The summed E-state index contributed by atoms with van der Waals surface area (Å²) in [5, 5.41) is 10.4. The number of nitrogens with one attached hydrogen (secondary N) is 1. The van der Waals surface area contributed by atoms with Gasteiger partial charge in [0.15, 0.2) is 5.82 Å². The zero-order valence-corrected chi connectivity index (χ0v) is 10.8. The molecule has 8 heteroatoms. The molecule has 0 aliphatic rings. The number of ether oxygens (including phenoxy) is 2. The Morgan fingerprint density at radius 2 is 1.65 bits per heavy atom. The first kappa shape index (κ1) is 12.2. The number of fused-ring (bicyclic) bond motifs is 1. The smallest absolute Gasteiger partial charge is 0.259 e. The maximum Gasteiger partial charge on any atom is 0.259 e. The fraction of sp³-hybridized carbons (Fsp3) is 0.167. The van der Waals surface area contributed by atoms with Gasteiger partial charge in [-0.1, -0.05) is 0 Å². The third-order valence-corrected chi connectivity index (χ3v) is 2.63. The van der Waals surface area contributed by atoms with Crippen LogP contribution < -0.4 is 14.8 Å². The first-order chi connectivity index (χ1) is 9.80. The second-order valence-corrected chi connectivity index (χ2v) is 3.85. The molecule has 2 aromatic heterocycles. The molecule has 0 atom stereocenters. The molecule has 3 rings (SSSR count). The second-order valence-electron chi connectivity index (χ2n) is 3.85. The van der Waals surface area contributed by atoms with Gasteiger partial charge < -0.3 is 14.8 Å². The van der Waals surface area contributed by atoms with E-state index in [0.717, 1.165) is 11.4 Å². The van der Waals surface area contributed by atoms with Crippen molar-refractivity contribution in [1.82, 2.24) is 20.3 Å². The van der Waals surface area contributed by atoms with Crippen LogP contribution in [0.2, 0.25) is 0 Å². The highest BCUT2D eigenvalue weighted by molar-refractivity contribution is 5.71. The van der Waals surface area contributed by atoms with E-state index in [1.165, 1.54) is 7.11 Å². The van der Waals surface area contributed by atoms with Crippen LogP contribution in [0.4, 0.5) is 11.5 Å². The Labute approximate surface area is 113 Å². The van der Waals surface area contributed by atoms with Crippen molar-refractivity contribution in [1.29, 1.82) is 0 Å². The molecule has 0 bridgehead atoms. The van der Waals surface area contributed by atoms with Crippen molar-refractivity contribution < 1.29 is 14.1 Å². The van der Waals surface area contributed by atoms with Gasteiger partial charge in [0.2, 0.25) is 11.3 Å². The Kier molecular flexibility index (Phi) is 3.04. The Morgan fingerprint density at radius 1 is 0.950 bits per heavy atom. The molecule has 0 saturated heterocycles. The van der Waals surface area contributed by atoms with Crippen LogP contribution in [0.1, 0.15) is 0 Å². The molecule has 0 spiro atoms. The summed E-state index contributed by atoms with van der Waals surface area (Å²) in [6, 6.07) is 7.37. The lowest BCUT2D eigenvalue weighted by molar-refractivity contribution is 0.313. The van der Waals surface area contributed by atoms with E-state index >= 15 is 0 Å². The first-order valence-electron chi connectivity index (χ1n) is 5.75. The van der Waals surface area contributed by atoms with Crippen LogP contribution in [0.25, 0.3) is 11.3 Å². The SMILES string of the molecule is COc1ccc(Nc2nc3nonc3nc2OC)cc1. The minimum atomic E-state index is 0.294. The average molecular weight is 273 g/mol. The lowest BCUT2D eigenvalue weighted by Crippen LogP contribution is -2.00. The summed E-state index contributed by atoms with van der Waals surface area (Å²) < 4.78 is 14.8. The largest absolute Gasteiger partial charge is 0.497 e. The molecule has 0 aliphatic heterocycles. The van der Waals surface area contributed by atoms with Crippen molar-refractivity contribution in [3.63, 3.8) is 0 Å². The highest BCUT2D eigenvalue weighted by Crippen LogP contribution is 2.26. The molecule has 0 amide bonds. The molecule has 102 valence electrons. The molecule has 1 N–H and O–H groups in total. The lowest BCUT2D eigenvalue weighted by Gasteiger charge is -2.09. The summed E-state index contributed by atoms with van der Waals surface area (Å²) in [5.74, 6) is 1.51. The van der Waals surface area contributed by atoms with E-state index in [4.69, 9.17) is 9.47 Å². The van der Waals surface area contributed by atoms with Crippen LogP contribution in [0.15, 0.2) is 28.9 Å². The minimum absolute atomic E-state index is 0.294. The van der Waals surface area contributed by atoms with Gasteiger partial charge in [0.05, 0.1) is 14.2 Å².